The van der Waals surface area contributed by atoms with Crippen molar-refractivity contribution in [2.45, 2.75) is 0 Å². The third-order valence-corrected chi connectivity index (χ3v) is 5.60. The Bertz CT molecular complexity index is 1740. The number of nitrogens with zero attached hydrogens (tertiary/aromatic N) is 2. The lowest BCUT2D eigenvalue weighted by molar-refractivity contribution is 1.01. The second-order valence-corrected chi connectivity index (χ2v) is 7.84. The second kappa shape index (κ2) is 8.68. The van der Waals surface area contributed by atoms with Gasteiger partial charge in [-0.2, -0.15) is 10.2 Å². The Kier molecular flexibility index (Phi) is 5.42. The molecule has 2 aromatic heterocycles. The van der Waals surface area contributed by atoms with Crippen LogP contribution in [0.1, 0.15) is 0 Å². The number of benzene rings is 4. The number of aromatic amines is 2. The van der Waals surface area contributed by atoms with Crippen LogP contribution in [0.25, 0.3) is 43.6 Å². The summed E-state index contributed by atoms with van der Waals surface area (Å²) in [6, 6.07) is 26.9. The average molecular weight is 453 g/mol. The largest absolute Gasteiger partial charge is 0.272 e. The normalized spacial score (nSPS) is 10.8. The third-order valence-electron chi connectivity index (χ3n) is 5.37. The highest BCUT2D eigenvalue weighted by atomic mass is 35.5. The maximum absolute atomic E-state index is 11.9. The molecule has 2 heterocycles. The predicted octanol–water partition coefficient (Wildman–Crippen LogP) is 5.32. The first-order chi connectivity index (χ1) is 16.1. The van der Waals surface area contributed by atoms with E-state index in [0.717, 1.165) is 32.8 Å². The minimum Gasteiger partial charge on any atom is -0.267 e. The van der Waals surface area contributed by atoms with Crippen molar-refractivity contribution in [1.82, 2.24) is 20.4 Å². The molecule has 6 aromatic rings. The molecule has 0 unspecified atom stereocenters. The van der Waals surface area contributed by atoms with E-state index in [0.29, 0.717) is 15.8 Å². The minimum absolute atomic E-state index is 0.158. The van der Waals surface area contributed by atoms with Gasteiger partial charge < -0.3 is 0 Å². The van der Waals surface area contributed by atoms with Crippen LogP contribution in [0, 0.1) is 0 Å². The highest BCUT2D eigenvalue weighted by Gasteiger charge is 2.10. The number of halogens is 1. The van der Waals surface area contributed by atoms with Gasteiger partial charge in [0.2, 0.25) is 0 Å². The van der Waals surface area contributed by atoms with Gasteiger partial charge in [-0.1, -0.05) is 72.3 Å². The van der Waals surface area contributed by atoms with Crippen molar-refractivity contribution >= 4 is 43.9 Å². The second-order valence-electron chi connectivity index (χ2n) is 7.40. The monoisotopic (exact) mass is 452 g/mol. The molecule has 0 aliphatic carbocycles. The average Bonchev–Trinajstić information content (AvgIpc) is 2.85. The molecule has 0 amide bonds. The summed E-state index contributed by atoms with van der Waals surface area (Å²) in [6.45, 7) is 0. The molecule has 6 rings (SSSR count). The van der Waals surface area contributed by atoms with E-state index in [1.165, 1.54) is 0 Å². The first kappa shape index (κ1) is 20.6. The van der Waals surface area contributed by atoms with Gasteiger partial charge >= 0.3 is 0 Å². The maximum atomic E-state index is 11.9. The first-order valence-electron chi connectivity index (χ1n) is 10.2. The van der Waals surface area contributed by atoms with Gasteiger partial charge in [-0.25, -0.2) is 10.2 Å². The van der Waals surface area contributed by atoms with Crippen molar-refractivity contribution in [3.8, 4) is 11.3 Å². The maximum Gasteiger partial charge on any atom is 0.272 e. The van der Waals surface area contributed by atoms with Gasteiger partial charge in [0.25, 0.3) is 11.1 Å². The van der Waals surface area contributed by atoms with Crippen LogP contribution in [0.15, 0.2) is 101 Å². The molecule has 33 heavy (non-hydrogen) atoms. The summed E-state index contributed by atoms with van der Waals surface area (Å²) in [5.41, 5.74) is 1.49. The highest BCUT2D eigenvalue weighted by Crippen LogP contribution is 2.30. The van der Waals surface area contributed by atoms with E-state index in [1.807, 2.05) is 48.5 Å². The Balaban J connectivity index is 0.000000162. The zero-order valence-electron chi connectivity index (χ0n) is 17.2. The van der Waals surface area contributed by atoms with Crippen LogP contribution in [0.3, 0.4) is 0 Å². The number of aromatic nitrogens is 4. The number of nitrogens with one attached hydrogen (secondary N) is 2. The van der Waals surface area contributed by atoms with E-state index in [9.17, 15) is 9.59 Å². The van der Waals surface area contributed by atoms with Gasteiger partial charge in [0.05, 0.1) is 22.7 Å². The highest BCUT2D eigenvalue weighted by molar-refractivity contribution is 6.31. The van der Waals surface area contributed by atoms with Crippen molar-refractivity contribution in [2.75, 3.05) is 0 Å². The van der Waals surface area contributed by atoms with E-state index in [4.69, 9.17) is 11.6 Å². The van der Waals surface area contributed by atoms with E-state index >= 15 is 0 Å². The summed E-state index contributed by atoms with van der Waals surface area (Å²) in [4.78, 5) is 23.0. The SMILES string of the molecule is O=c1[nH]nc(-c2cccc3ccccc23)c2ccccc12.O=c1[nH]ncc2cc(Cl)ccc12. The third kappa shape index (κ3) is 4.00. The molecule has 6 nitrogen and oxygen atoms in total. The van der Waals surface area contributed by atoms with Gasteiger partial charge in [0.15, 0.2) is 0 Å². The molecular formula is C26H17ClN4O2. The van der Waals surface area contributed by atoms with Crippen LogP contribution in [-0.2, 0) is 0 Å². The molecule has 0 aliphatic rings. The molecule has 160 valence electrons. The van der Waals surface area contributed by atoms with Crippen LogP contribution < -0.4 is 11.1 Å². The molecule has 7 heteroatoms. The Morgan fingerprint density at radius 1 is 0.636 bits per heavy atom. The summed E-state index contributed by atoms with van der Waals surface area (Å²) >= 11 is 5.73. The molecule has 0 spiro atoms. The minimum atomic E-state index is -0.191. The van der Waals surface area contributed by atoms with Crippen molar-refractivity contribution in [2.24, 2.45) is 0 Å². The molecule has 2 N–H and O–H groups in total. The Morgan fingerprint density at radius 3 is 2.18 bits per heavy atom. The summed E-state index contributed by atoms with van der Waals surface area (Å²) in [7, 11) is 0. The molecule has 0 aliphatic heterocycles. The fourth-order valence-electron chi connectivity index (χ4n) is 3.82. The Labute approximate surface area is 192 Å². The Morgan fingerprint density at radius 2 is 1.33 bits per heavy atom. The van der Waals surface area contributed by atoms with Gasteiger partial charge in [0, 0.05) is 21.4 Å². The zero-order valence-corrected chi connectivity index (χ0v) is 18.0. The van der Waals surface area contributed by atoms with Crippen molar-refractivity contribution in [3.63, 3.8) is 0 Å². The topological polar surface area (TPSA) is 91.5 Å². The molecule has 0 radical (unpaired) electrons. The number of hydrogen-bond acceptors (Lipinski definition) is 4. The van der Waals surface area contributed by atoms with Crippen LogP contribution in [-0.4, -0.2) is 20.4 Å². The summed E-state index contributed by atoms with van der Waals surface area (Å²) in [5.74, 6) is 0. The summed E-state index contributed by atoms with van der Waals surface area (Å²) in [6.07, 6.45) is 1.57. The molecular weight excluding hydrogens is 436 g/mol. The number of hydrogen-bond donors (Lipinski definition) is 2. The van der Waals surface area contributed by atoms with E-state index in [1.54, 1.807) is 24.4 Å². The fraction of sp³-hybridized carbons (Fsp3) is 0. The van der Waals surface area contributed by atoms with E-state index in [2.05, 4.69) is 38.6 Å². The van der Waals surface area contributed by atoms with Crippen LogP contribution in [0.2, 0.25) is 5.02 Å². The first-order valence-corrected chi connectivity index (χ1v) is 10.6. The van der Waals surface area contributed by atoms with Gasteiger partial charge in [-0.3, -0.25) is 9.59 Å². The molecule has 0 saturated heterocycles. The molecule has 0 bridgehead atoms. The summed E-state index contributed by atoms with van der Waals surface area (Å²) < 4.78 is 0. The molecule has 0 saturated carbocycles. The van der Waals surface area contributed by atoms with Gasteiger partial charge in [-0.15, -0.1) is 0 Å². The van der Waals surface area contributed by atoms with Gasteiger partial charge in [0.1, 0.15) is 0 Å². The predicted molar refractivity (Wildman–Crippen MR) is 133 cm³/mol. The smallest absolute Gasteiger partial charge is 0.267 e. The molecule has 4 aromatic carbocycles. The van der Waals surface area contributed by atoms with Crippen LogP contribution in [0.5, 0.6) is 0 Å². The van der Waals surface area contributed by atoms with E-state index < -0.39 is 0 Å². The van der Waals surface area contributed by atoms with Crippen LogP contribution in [0.4, 0.5) is 0 Å². The standard InChI is InChI=1S/C18H12N2O.C8H5ClN2O/c21-18-16-10-4-3-9-15(16)17(19-20-18)14-11-5-7-12-6-1-2-8-13(12)14;9-6-1-2-7-5(3-6)4-10-11-8(7)12/h1-11H,(H,20,21);1-4H,(H,11,12). The summed E-state index contributed by atoms with van der Waals surface area (Å²) in [5, 5.41) is 18.7. The van der Waals surface area contributed by atoms with Crippen molar-refractivity contribution < 1.29 is 0 Å². The molecule has 0 atom stereocenters. The number of rotatable bonds is 1. The number of fused-ring (bicyclic) bond motifs is 3. The quantitative estimate of drug-likeness (QED) is 0.353. The van der Waals surface area contributed by atoms with Crippen molar-refractivity contribution in [3.05, 3.63) is 117 Å². The lowest BCUT2D eigenvalue weighted by atomic mass is 9.99. The fourth-order valence-corrected chi connectivity index (χ4v) is 4.00. The lowest BCUT2D eigenvalue weighted by Crippen LogP contribution is -2.09. The molecule has 0 fully saturated rings. The van der Waals surface area contributed by atoms with E-state index in [-0.39, 0.29) is 11.1 Å². The number of H-pyrrole nitrogens is 2. The van der Waals surface area contributed by atoms with Crippen LogP contribution >= 0.6 is 11.6 Å². The van der Waals surface area contributed by atoms with Gasteiger partial charge in [-0.05, 0) is 35.0 Å². The lowest BCUT2D eigenvalue weighted by Gasteiger charge is -2.08. The van der Waals surface area contributed by atoms with Crippen molar-refractivity contribution in [1.29, 1.82) is 0 Å². The Hall–Kier alpha value is -4.29. The zero-order chi connectivity index (χ0) is 22.8.